The van der Waals surface area contributed by atoms with E-state index < -0.39 is 0 Å². The van der Waals surface area contributed by atoms with Gasteiger partial charge >= 0.3 is 0 Å². The summed E-state index contributed by atoms with van der Waals surface area (Å²) in [7, 11) is 0. The Kier molecular flexibility index (Phi) is 4.52. The number of fused-ring (bicyclic) bond motifs is 1. The lowest BCUT2D eigenvalue weighted by Crippen LogP contribution is -2.37. The minimum atomic E-state index is 0.0794. The number of pyridine rings is 1. The summed E-state index contributed by atoms with van der Waals surface area (Å²) in [6, 6.07) is 8.00. The molecule has 0 aromatic carbocycles. The molecule has 1 aliphatic carbocycles. The highest BCUT2D eigenvalue weighted by Gasteiger charge is 2.21. The molecule has 6 heteroatoms. The van der Waals surface area contributed by atoms with E-state index in [1.807, 2.05) is 33.6 Å². The first-order valence-electron chi connectivity index (χ1n) is 8.73. The summed E-state index contributed by atoms with van der Waals surface area (Å²) in [6.07, 6.45) is 10.1. The lowest BCUT2D eigenvalue weighted by Gasteiger charge is -2.27. The molecule has 0 amide bonds. The standard InChI is InChI=1S/C19H22N4O2/c24-19-5-2-16-12-17(20-13-15-6-11-25-14-15)3-4-18(16)23(19)10-9-22-8-1-7-21-22/h1-2,5-8,11,14,17,20H,3-4,9-10,12-13H2/t17-/m1/s1. The molecule has 3 aromatic rings. The first-order valence-corrected chi connectivity index (χ1v) is 8.73. The van der Waals surface area contributed by atoms with Crippen LogP contribution in [0.25, 0.3) is 0 Å². The normalized spacial score (nSPS) is 16.7. The van der Waals surface area contributed by atoms with E-state index in [2.05, 4.69) is 10.4 Å². The van der Waals surface area contributed by atoms with Gasteiger partial charge in [0.15, 0.2) is 0 Å². The molecule has 3 aromatic heterocycles. The summed E-state index contributed by atoms with van der Waals surface area (Å²) in [5.74, 6) is 0. The molecule has 0 unspecified atom stereocenters. The monoisotopic (exact) mass is 338 g/mol. The van der Waals surface area contributed by atoms with E-state index in [4.69, 9.17) is 4.42 Å². The van der Waals surface area contributed by atoms with Gasteiger partial charge in [-0.05, 0) is 37.0 Å². The van der Waals surface area contributed by atoms with Gasteiger partial charge in [-0.15, -0.1) is 0 Å². The Hall–Kier alpha value is -2.60. The summed E-state index contributed by atoms with van der Waals surface area (Å²) in [6.45, 7) is 2.19. The van der Waals surface area contributed by atoms with Crippen molar-refractivity contribution in [3.8, 4) is 0 Å². The Morgan fingerprint density at radius 3 is 3.04 bits per heavy atom. The highest BCUT2D eigenvalue weighted by Crippen LogP contribution is 2.20. The second-order valence-corrected chi connectivity index (χ2v) is 6.52. The van der Waals surface area contributed by atoms with Crippen LogP contribution in [0.3, 0.4) is 0 Å². The fourth-order valence-electron chi connectivity index (χ4n) is 3.53. The van der Waals surface area contributed by atoms with Crippen LogP contribution in [0.2, 0.25) is 0 Å². The zero-order chi connectivity index (χ0) is 17.1. The van der Waals surface area contributed by atoms with Crippen molar-refractivity contribution in [3.63, 3.8) is 0 Å². The molecule has 0 saturated heterocycles. The number of hydrogen-bond acceptors (Lipinski definition) is 4. The molecule has 0 fully saturated rings. The van der Waals surface area contributed by atoms with E-state index in [-0.39, 0.29) is 5.56 Å². The van der Waals surface area contributed by atoms with E-state index >= 15 is 0 Å². The molecule has 1 N–H and O–H groups in total. The van der Waals surface area contributed by atoms with Crippen molar-refractivity contribution in [1.82, 2.24) is 19.7 Å². The number of rotatable bonds is 6. The molecular weight excluding hydrogens is 316 g/mol. The van der Waals surface area contributed by atoms with Gasteiger partial charge in [-0.1, -0.05) is 6.07 Å². The lowest BCUT2D eigenvalue weighted by molar-refractivity contribution is 0.430. The van der Waals surface area contributed by atoms with Gasteiger partial charge in [0.05, 0.1) is 19.1 Å². The zero-order valence-corrected chi connectivity index (χ0v) is 14.1. The highest BCUT2D eigenvalue weighted by molar-refractivity contribution is 5.25. The maximum Gasteiger partial charge on any atom is 0.250 e. The molecule has 0 bridgehead atoms. The van der Waals surface area contributed by atoms with Gasteiger partial charge in [-0.25, -0.2) is 0 Å². The van der Waals surface area contributed by atoms with Crippen LogP contribution in [0.4, 0.5) is 0 Å². The van der Waals surface area contributed by atoms with Gasteiger partial charge in [0.25, 0.3) is 5.56 Å². The third-order valence-electron chi connectivity index (χ3n) is 4.87. The Morgan fingerprint density at radius 1 is 1.28 bits per heavy atom. The van der Waals surface area contributed by atoms with E-state index in [1.54, 1.807) is 24.8 Å². The average molecular weight is 338 g/mol. The van der Waals surface area contributed by atoms with E-state index in [1.165, 1.54) is 11.3 Å². The number of nitrogens with one attached hydrogen (secondary N) is 1. The SMILES string of the molecule is O=c1ccc2c(n1CCn1cccn1)CC[C@@H](NCc1ccoc1)C2. The van der Waals surface area contributed by atoms with Gasteiger partial charge in [0.1, 0.15) is 0 Å². The van der Waals surface area contributed by atoms with Crippen molar-refractivity contribution < 1.29 is 4.42 Å². The van der Waals surface area contributed by atoms with Crippen molar-refractivity contribution in [2.45, 2.75) is 44.9 Å². The smallest absolute Gasteiger partial charge is 0.250 e. The third kappa shape index (κ3) is 3.58. The summed E-state index contributed by atoms with van der Waals surface area (Å²) >= 11 is 0. The van der Waals surface area contributed by atoms with Crippen molar-refractivity contribution in [1.29, 1.82) is 0 Å². The van der Waals surface area contributed by atoms with E-state index in [9.17, 15) is 4.79 Å². The maximum absolute atomic E-state index is 12.3. The summed E-state index contributed by atoms with van der Waals surface area (Å²) in [5.41, 5.74) is 3.70. The molecule has 4 rings (SSSR count). The molecule has 25 heavy (non-hydrogen) atoms. The van der Waals surface area contributed by atoms with Crippen molar-refractivity contribution >= 4 is 0 Å². The molecule has 0 aliphatic heterocycles. The number of hydrogen-bond donors (Lipinski definition) is 1. The van der Waals surface area contributed by atoms with Crippen molar-refractivity contribution in [2.24, 2.45) is 0 Å². The zero-order valence-electron chi connectivity index (χ0n) is 14.1. The minimum Gasteiger partial charge on any atom is -0.472 e. The fourth-order valence-corrected chi connectivity index (χ4v) is 3.53. The first kappa shape index (κ1) is 15.9. The van der Waals surface area contributed by atoms with Crippen molar-refractivity contribution in [2.75, 3.05) is 0 Å². The summed E-state index contributed by atoms with van der Waals surface area (Å²) in [5, 5.41) is 7.81. The fraction of sp³-hybridized carbons (Fsp3) is 0.368. The predicted octanol–water partition coefficient (Wildman–Crippen LogP) is 1.99. The lowest BCUT2D eigenvalue weighted by atomic mass is 9.91. The Labute approximate surface area is 146 Å². The molecule has 130 valence electrons. The molecule has 0 saturated carbocycles. The minimum absolute atomic E-state index is 0.0794. The molecule has 1 atom stereocenters. The Bertz CT molecular complexity index is 865. The Balaban J connectivity index is 1.45. The van der Waals surface area contributed by atoms with Crippen LogP contribution in [-0.4, -0.2) is 20.4 Å². The molecule has 0 radical (unpaired) electrons. The quantitative estimate of drug-likeness (QED) is 0.746. The predicted molar refractivity (Wildman–Crippen MR) is 94.3 cm³/mol. The van der Waals surface area contributed by atoms with Crippen molar-refractivity contribution in [3.05, 3.63) is 76.4 Å². The third-order valence-corrected chi connectivity index (χ3v) is 4.87. The van der Waals surface area contributed by atoms with Gasteiger partial charge in [0, 0.05) is 48.8 Å². The molecule has 6 nitrogen and oxygen atoms in total. The molecule has 0 spiro atoms. The van der Waals surface area contributed by atoms with Crippen LogP contribution in [0, 0.1) is 0 Å². The van der Waals surface area contributed by atoms with Crippen LogP contribution in [0.1, 0.15) is 23.2 Å². The largest absolute Gasteiger partial charge is 0.472 e. The van der Waals surface area contributed by atoms with Crippen LogP contribution < -0.4 is 10.9 Å². The molecule has 1 aliphatic rings. The highest BCUT2D eigenvalue weighted by atomic mass is 16.3. The number of aromatic nitrogens is 3. The number of nitrogens with zero attached hydrogens (tertiary/aromatic N) is 3. The van der Waals surface area contributed by atoms with E-state index in [0.29, 0.717) is 19.1 Å². The van der Waals surface area contributed by atoms with Crippen LogP contribution >= 0.6 is 0 Å². The van der Waals surface area contributed by atoms with Gasteiger partial charge in [-0.3, -0.25) is 9.48 Å². The second kappa shape index (κ2) is 7.11. The second-order valence-electron chi connectivity index (χ2n) is 6.52. The summed E-state index contributed by atoms with van der Waals surface area (Å²) < 4.78 is 8.90. The first-order chi connectivity index (χ1) is 12.3. The van der Waals surface area contributed by atoms with Crippen LogP contribution in [0.5, 0.6) is 0 Å². The topological polar surface area (TPSA) is 65.0 Å². The van der Waals surface area contributed by atoms with Gasteiger partial charge < -0.3 is 14.3 Å². The number of aryl methyl sites for hydroxylation is 1. The van der Waals surface area contributed by atoms with Crippen LogP contribution in [-0.2, 0) is 32.5 Å². The maximum atomic E-state index is 12.3. The van der Waals surface area contributed by atoms with Gasteiger partial charge in [0.2, 0.25) is 0 Å². The summed E-state index contributed by atoms with van der Waals surface area (Å²) in [4.78, 5) is 12.3. The molecule has 3 heterocycles. The van der Waals surface area contributed by atoms with Crippen LogP contribution in [0.15, 0.2) is 58.4 Å². The molecular formula is C19H22N4O2. The Morgan fingerprint density at radius 2 is 2.24 bits per heavy atom. The average Bonchev–Trinajstić information content (AvgIpc) is 3.33. The van der Waals surface area contributed by atoms with Gasteiger partial charge in [-0.2, -0.15) is 5.10 Å². The number of furan rings is 1. The van der Waals surface area contributed by atoms with E-state index in [0.717, 1.165) is 31.4 Å².